The molecule has 0 aliphatic heterocycles. The summed E-state index contributed by atoms with van der Waals surface area (Å²) in [5.41, 5.74) is 1.01. The van der Waals surface area contributed by atoms with Crippen molar-refractivity contribution in [2.24, 2.45) is 5.92 Å². The average Bonchev–Trinajstić information content (AvgIpc) is 2.45. The summed E-state index contributed by atoms with van der Waals surface area (Å²) in [5, 5.41) is 28.0. The van der Waals surface area contributed by atoms with Gasteiger partial charge in [0, 0.05) is 13.2 Å². The molecule has 0 aromatic rings. The number of aliphatic hydroxyl groups is 2. The van der Waals surface area contributed by atoms with Crippen molar-refractivity contribution < 1.29 is 15.7 Å². The van der Waals surface area contributed by atoms with E-state index in [2.05, 4.69) is 0 Å². The predicted molar refractivity (Wildman–Crippen MR) is 83.2 cm³/mol. The Kier molecular flexibility index (Phi) is 16.8. The van der Waals surface area contributed by atoms with Gasteiger partial charge in [-0.15, -0.1) is 0 Å². The lowest BCUT2D eigenvalue weighted by atomic mass is 9.94. The molecular formula is C16H35NO3. The Morgan fingerprint density at radius 2 is 1.10 bits per heavy atom. The molecule has 4 heteroatoms. The van der Waals surface area contributed by atoms with E-state index in [0.717, 1.165) is 37.7 Å². The van der Waals surface area contributed by atoms with Gasteiger partial charge in [-0.05, 0) is 31.6 Å². The van der Waals surface area contributed by atoms with E-state index in [1.165, 1.54) is 51.4 Å². The van der Waals surface area contributed by atoms with Crippen LogP contribution in [0, 0.1) is 11.1 Å². The van der Waals surface area contributed by atoms with Gasteiger partial charge in [0.15, 0.2) is 0 Å². The molecule has 0 atom stereocenters. The second-order valence-electron chi connectivity index (χ2n) is 5.82. The molecule has 4 N–H and O–H groups in total. The molecule has 0 aromatic carbocycles. The van der Waals surface area contributed by atoms with Gasteiger partial charge >= 0.3 is 0 Å². The van der Waals surface area contributed by atoms with Crippen molar-refractivity contribution in [3.05, 3.63) is 5.21 Å². The molecule has 0 heterocycles. The van der Waals surface area contributed by atoms with E-state index in [9.17, 15) is 5.21 Å². The smallest absolute Gasteiger partial charge is 0.0752 e. The fraction of sp³-hybridized carbons (Fsp3) is 1.00. The van der Waals surface area contributed by atoms with Crippen LogP contribution < -0.4 is 5.48 Å². The molecule has 122 valence electrons. The molecule has 0 saturated carbocycles. The molecule has 0 bridgehead atoms. The highest BCUT2D eigenvalue weighted by molar-refractivity contribution is 4.59. The van der Waals surface area contributed by atoms with Crippen molar-refractivity contribution in [3.8, 4) is 0 Å². The zero-order chi connectivity index (χ0) is 14.9. The van der Waals surface area contributed by atoms with Crippen molar-refractivity contribution in [1.29, 1.82) is 0 Å². The van der Waals surface area contributed by atoms with Gasteiger partial charge in [0.1, 0.15) is 0 Å². The highest BCUT2D eigenvalue weighted by Crippen LogP contribution is 2.18. The molecule has 0 aliphatic carbocycles. The van der Waals surface area contributed by atoms with E-state index in [1.54, 1.807) is 0 Å². The summed E-state index contributed by atoms with van der Waals surface area (Å²) in [4.78, 5) is 0. The lowest BCUT2D eigenvalue weighted by Crippen LogP contribution is -2.77. The van der Waals surface area contributed by atoms with E-state index in [4.69, 9.17) is 10.2 Å². The number of aliphatic hydroxyl groups excluding tert-OH is 2. The SMILES string of the molecule is [O-][NH2+]CCCCCCCCCCCC(CCO)CCO. The van der Waals surface area contributed by atoms with Crippen molar-refractivity contribution in [1.82, 2.24) is 0 Å². The van der Waals surface area contributed by atoms with Gasteiger partial charge in [-0.2, -0.15) is 0 Å². The Balaban J connectivity index is 3.18. The van der Waals surface area contributed by atoms with Gasteiger partial charge in [0.2, 0.25) is 0 Å². The minimum absolute atomic E-state index is 0.245. The number of quaternary nitrogens is 1. The highest BCUT2D eigenvalue weighted by Gasteiger charge is 2.06. The molecule has 0 spiro atoms. The van der Waals surface area contributed by atoms with Crippen LogP contribution in [-0.4, -0.2) is 30.0 Å². The largest absolute Gasteiger partial charge is 0.636 e. The molecular weight excluding hydrogens is 254 g/mol. The maximum atomic E-state index is 10.1. The van der Waals surface area contributed by atoms with Crippen LogP contribution in [0.4, 0.5) is 0 Å². The lowest BCUT2D eigenvalue weighted by Gasteiger charge is -2.13. The summed E-state index contributed by atoms with van der Waals surface area (Å²) in [5.74, 6) is 0.503. The molecule has 0 aromatic heterocycles. The van der Waals surface area contributed by atoms with Crippen molar-refractivity contribution in [2.75, 3.05) is 19.8 Å². The first-order chi connectivity index (χ1) is 9.85. The third-order valence-corrected chi connectivity index (χ3v) is 4.01. The maximum absolute atomic E-state index is 10.1. The minimum atomic E-state index is 0.245. The van der Waals surface area contributed by atoms with Crippen LogP contribution in [0.3, 0.4) is 0 Å². The number of hydrogen-bond acceptors (Lipinski definition) is 3. The van der Waals surface area contributed by atoms with Gasteiger partial charge in [0.05, 0.1) is 6.54 Å². The molecule has 0 unspecified atom stereocenters. The number of rotatable bonds is 16. The minimum Gasteiger partial charge on any atom is -0.636 e. The van der Waals surface area contributed by atoms with E-state index >= 15 is 0 Å². The quantitative estimate of drug-likeness (QED) is 0.301. The Hall–Kier alpha value is -0.160. The Bertz CT molecular complexity index is 173. The van der Waals surface area contributed by atoms with Gasteiger partial charge in [0.25, 0.3) is 0 Å². The van der Waals surface area contributed by atoms with Gasteiger partial charge in [-0.1, -0.05) is 51.4 Å². The molecule has 20 heavy (non-hydrogen) atoms. The Labute approximate surface area is 124 Å². The fourth-order valence-electron chi connectivity index (χ4n) is 2.70. The first-order valence-electron chi connectivity index (χ1n) is 8.50. The maximum Gasteiger partial charge on any atom is 0.0752 e. The van der Waals surface area contributed by atoms with Crippen LogP contribution in [-0.2, 0) is 0 Å². The van der Waals surface area contributed by atoms with Crippen molar-refractivity contribution in [3.63, 3.8) is 0 Å². The monoisotopic (exact) mass is 289 g/mol. The van der Waals surface area contributed by atoms with Crippen LogP contribution in [0.25, 0.3) is 0 Å². The number of nitrogens with two attached hydrogens (primary N) is 1. The summed E-state index contributed by atoms with van der Waals surface area (Å²) in [6.07, 6.45) is 14.1. The third-order valence-electron chi connectivity index (χ3n) is 4.01. The molecule has 0 aliphatic rings. The van der Waals surface area contributed by atoms with Crippen LogP contribution in [0.5, 0.6) is 0 Å². The van der Waals surface area contributed by atoms with E-state index < -0.39 is 0 Å². The summed E-state index contributed by atoms with van der Waals surface area (Å²) >= 11 is 0. The van der Waals surface area contributed by atoms with E-state index in [0.29, 0.717) is 5.92 Å². The number of unbranched alkanes of at least 4 members (excludes halogenated alkanes) is 8. The summed E-state index contributed by atoms with van der Waals surface area (Å²) in [6.45, 7) is 1.21. The van der Waals surface area contributed by atoms with Crippen LogP contribution in [0.15, 0.2) is 0 Å². The molecule has 0 fully saturated rings. The van der Waals surface area contributed by atoms with E-state index in [1.807, 2.05) is 0 Å². The summed E-state index contributed by atoms with van der Waals surface area (Å²) in [7, 11) is 0. The van der Waals surface area contributed by atoms with Gasteiger partial charge in [-0.3, -0.25) is 0 Å². The molecule has 4 nitrogen and oxygen atoms in total. The topological polar surface area (TPSA) is 80.1 Å². The van der Waals surface area contributed by atoms with Gasteiger partial charge < -0.3 is 20.9 Å². The fourth-order valence-corrected chi connectivity index (χ4v) is 2.70. The average molecular weight is 289 g/mol. The summed E-state index contributed by atoms with van der Waals surface area (Å²) in [6, 6.07) is 0. The van der Waals surface area contributed by atoms with E-state index in [-0.39, 0.29) is 13.2 Å². The molecule has 0 amide bonds. The van der Waals surface area contributed by atoms with Crippen LogP contribution in [0.2, 0.25) is 0 Å². The van der Waals surface area contributed by atoms with Crippen molar-refractivity contribution in [2.45, 2.75) is 77.0 Å². The second kappa shape index (κ2) is 16.9. The molecule has 0 saturated heterocycles. The first kappa shape index (κ1) is 19.8. The second-order valence-corrected chi connectivity index (χ2v) is 5.82. The zero-order valence-electron chi connectivity index (χ0n) is 13.1. The first-order valence-corrected chi connectivity index (χ1v) is 8.50. The predicted octanol–water partition coefficient (Wildman–Crippen LogP) is 2.33. The van der Waals surface area contributed by atoms with Crippen LogP contribution in [0.1, 0.15) is 77.0 Å². The standard InChI is InChI=1S/C16H35NO3/c18-14-11-16(12-15-19)10-8-6-4-2-1-3-5-7-9-13-17-20/h16,18-19H,1-15,17H2. The van der Waals surface area contributed by atoms with Gasteiger partial charge in [-0.25, -0.2) is 0 Å². The normalized spacial score (nSPS) is 11.4. The Morgan fingerprint density at radius 1 is 0.650 bits per heavy atom. The Morgan fingerprint density at radius 3 is 1.55 bits per heavy atom. The highest BCUT2D eigenvalue weighted by atomic mass is 16.5. The number of hydroxylamine groups is 1. The molecule has 0 radical (unpaired) electrons. The van der Waals surface area contributed by atoms with Crippen molar-refractivity contribution >= 4 is 0 Å². The third kappa shape index (κ3) is 14.3. The lowest BCUT2D eigenvalue weighted by molar-refractivity contribution is -0.589. The van der Waals surface area contributed by atoms with Crippen LogP contribution >= 0.6 is 0 Å². The number of hydrogen-bond donors (Lipinski definition) is 3. The summed E-state index contributed by atoms with van der Waals surface area (Å²) < 4.78 is 0. The zero-order valence-corrected chi connectivity index (χ0v) is 13.1. The molecule has 0 rings (SSSR count).